The summed E-state index contributed by atoms with van der Waals surface area (Å²) in [5.41, 5.74) is 0.693. The fraction of sp³-hybridized carbons (Fsp3) is 0.538. The third-order valence-electron chi connectivity index (χ3n) is 6.97. The number of hydrogen-bond donors (Lipinski definition) is 2. The molecule has 1 aromatic carbocycles. The predicted octanol–water partition coefficient (Wildman–Crippen LogP) is 4.28. The Bertz CT molecular complexity index is 1060. The Morgan fingerprint density at radius 3 is 2.71 bits per heavy atom. The second-order valence-corrected chi connectivity index (χ2v) is 10.4. The molecule has 2 saturated heterocycles. The van der Waals surface area contributed by atoms with Gasteiger partial charge in [0.1, 0.15) is 22.6 Å². The van der Waals surface area contributed by atoms with Gasteiger partial charge in [-0.2, -0.15) is 0 Å². The molecule has 0 aliphatic carbocycles. The molecule has 2 amide bonds. The summed E-state index contributed by atoms with van der Waals surface area (Å²) in [6.07, 6.45) is 6.58. The third kappa shape index (κ3) is 5.66. The Morgan fingerprint density at radius 2 is 2.00 bits per heavy atom. The van der Waals surface area contributed by atoms with Crippen molar-refractivity contribution >= 4 is 29.3 Å². The van der Waals surface area contributed by atoms with Gasteiger partial charge in [0.05, 0.1) is 24.5 Å². The number of alkyl carbamates (subject to hydrolysis) is 1. The van der Waals surface area contributed by atoms with Crippen molar-refractivity contribution in [3.63, 3.8) is 0 Å². The maximum atomic E-state index is 13.1. The van der Waals surface area contributed by atoms with Crippen LogP contribution >= 0.6 is 11.6 Å². The van der Waals surface area contributed by atoms with Crippen LogP contribution in [0.25, 0.3) is 0 Å². The molecule has 0 unspecified atom stereocenters. The van der Waals surface area contributed by atoms with Gasteiger partial charge < -0.3 is 24.2 Å². The van der Waals surface area contributed by atoms with Crippen LogP contribution in [0.3, 0.4) is 0 Å². The second kappa shape index (κ2) is 9.84. The molecule has 5 rings (SSSR count). The van der Waals surface area contributed by atoms with Crippen molar-refractivity contribution in [2.24, 2.45) is 0 Å². The van der Waals surface area contributed by atoms with E-state index < -0.39 is 23.5 Å². The first kappa shape index (κ1) is 25.5. The van der Waals surface area contributed by atoms with Gasteiger partial charge in [-0.15, -0.1) is 0 Å². The molecule has 0 radical (unpaired) electrons. The van der Waals surface area contributed by atoms with E-state index in [4.69, 9.17) is 25.8 Å². The summed E-state index contributed by atoms with van der Waals surface area (Å²) in [5.74, 6) is 0.422. The van der Waals surface area contributed by atoms with Gasteiger partial charge in [-0.05, 0) is 44.4 Å². The van der Waals surface area contributed by atoms with Gasteiger partial charge in [-0.25, -0.2) is 4.79 Å². The van der Waals surface area contributed by atoms with Gasteiger partial charge in [0.15, 0.2) is 0 Å². The summed E-state index contributed by atoms with van der Waals surface area (Å²) in [5, 5.41) is 13.9. The lowest BCUT2D eigenvalue weighted by Gasteiger charge is -2.50. The van der Waals surface area contributed by atoms with Crippen molar-refractivity contribution in [1.82, 2.24) is 5.32 Å². The highest BCUT2D eigenvalue weighted by molar-refractivity contribution is 6.35. The average molecular weight is 505 g/mol. The van der Waals surface area contributed by atoms with Crippen molar-refractivity contribution in [2.45, 2.75) is 75.9 Å². The molecule has 2 fully saturated rings. The molecular weight excluding hydrogens is 472 g/mol. The highest BCUT2D eigenvalue weighted by Gasteiger charge is 2.51. The van der Waals surface area contributed by atoms with Crippen LogP contribution in [-0.4, -0.2) is 54.8 Å². The van der Waals surface area contributed by atoms with E-state index in [1.54, 1.807) is 19.1 Å². The molecule has 4 heterocycles. The van der Waals surface area contributed by atoms with E-state index in [0.717, 1.165) is 11.1 Å². The number of benzene rings is 1. The lowest BCUT2D eigenvalue weighted by molar-refractivity contribution is -0.245. The number of carbonyl (C=O) groups is 2. The summed E-state index contributed by atoms with van der Waals surface area (Å²) in [6, 6.07) is 3.78. The number of amides is 2. The molecule has 4 aliphatic rings. The van der Waals surface area contributed by atoms with E-state index in [1.807, 2.05) is 44.2 Å². The Kier molecular flexibility index (Phi) is 7.18. The third-order valence-corrected chi connectivity index (χ3v) is 7.35. The number of halogens is 1. The molecular formula is C26H33ClN2O6. The fourth-order valence-corrected chi connectivity index (χ4v) is 5.27. The van der Waals surface area contributed by atoms with E-state index in [9.17, 15) is 14.7 Å². The Morgan fingerprint density at radius 1 is 1.26 bits per heavy atom. The van der Waals surface area contributed by atoms with E-state index in [0.29, 0.717) is 35.7 Å². The van der Waals surface area contributed by atoms with Gasteiger partial charge in [0.2, 0.25) is 5.91 Å². The molecule has 8 nitrogen and oxygen atoms in total. The number of fused-ring (bicyclic) bond motifs is 6. The lowest BCUT2D eigenvalue weighted by atomic mass is 9.82. The number of nitrogens with one attached hydrogen (secondary N) is 1. The summed E-state index contributed by atoms with van der Waals surface area (Å²) in [7, 11) is 3.26. The zero-order valence-electron chi connectivity index (χ0n) is 20.6. The number of allylic oxidation sites excluding steroid dienone is 3. The molecule has 9 heteroatoms. The van der Waals surface area contributed by atoms with Crippen molar-refractivity contribution in [3.8, 4) is 5.75 Å². The zero-order valence-corrected chi connectivity index (χ0v) is 21.4. The second-order valence-electron chi connectivity index (χ2n) is 10.0. The molecule has 4 aliphatic heterocycles. The molecule has 2 N–H and O–H groups in total. The minimum atomic E-state index is -1.41. The lowest BCUT2D eigenvalue weighted by Crippen LogP contribution is -2.62. The van der Waals surface area contributed by atoms with E-state index in [-0.39, 0.29) is 31.3 Å². The van der Waals surface area contributed by atoms with Gasteiger partial charge in [0, 0.05) is 32.7 Å². The normalized spacial score (nSPS) is 34.1. The highest BCUT2D eigenvalue weighted by Crippen LogP contribution is 2.42. The number of anilines is 1. The Labute approximate surface area is 210 Å². The van der Waals surface area contributed by atoms with Crippen LogP contribution < -0.4 is 15.0 Å². The highest BCUT2D eigenvalue weighted by atomic mass is 35.5. The molecule has 1 aromatic rings. The first-order valence-corrected chi connectivity index (χ1v) is 12.2. The van der Waals surface area contributed by atoms with Gasteiger partial charge in [-0.3, -0.25) is 10.1 Å². The molecule has 0 spiro atoms. The Balaban J connectivity index is 1.64. The number of carbonyl (C=O) groups excluding carboxylic acids is 2. The number of rotatable bonds is 1. The van der Waals surface area contributed by atoms with Gasteiger partial charge in [-0.1, -0.05) is 35.4 Å². The maximum Gasteiger partial charge on any atom is 0.409 e. The molecule has 0 saturated carbocycles. The maximum absolute atomic E-state index is 13.1. The van der Waals surface area contributed by atoms with Gasteiger partial charge >= 0.3 is 6.09 Å². The minimum absolute atomic E-state index is 0.0878. The van der Waals surface area contributed by atoms with E-state index in [2.05, 4.69) is 5.32 Å². The number of aliphatic hydroxyl groups is 1. The van der Waals surface area contributed by atoms with Crippen molar-refractivity contribution in [3.05, 3.63) is 46.5 Å². The molecule has 0 aromatic heterocycles. The van der Waals surface area contributed by atoms with Crippen molar-refractivity contribution in [2.75, 3.05) is 19.1 Å². The largest absolute Gasteiger partial charge is 0.495 e. The summed E-state index contributed by atoms with van der Waals surface area (Å²) in [6.45, 7) is 3.94. The van der Waals surface area contributed by atoms with Crippen LogP contribution in [0.5, 0.6) is 5.75 Å². The van der Waals surface area contributed by atoms with Crippen LogP contribution in [0, 0.1) is 0 Å². The first-order chi connectivity index (χ1) is 16.5. The summed E-state index contributed by atoms with van der Waals surface area (Å²) < 4.78 is 17.0. The van der Waals surface area contributed by atoms with E-state index in [1.165, 1.54) is 0 Å². The van der Waals surface area contributed by atoms with Crippen LogP contribution in [0.1, 0.15) is 51.5 Å². The topological polar surface area (TPSA) is 97.3 Å². The average Bonchev–Trinajstić information content (AvgIpc) is 2.77. The smallest absolute Gasteiger partial charge is 0.409 e. The summed E-state index contributed by atoms with van der Waals surface area (Å²) >= 11 is 6.57. The molecule has 4 atom stereocenters. The quantitative estimate of drug-likeness (QED) is 0.592. The number of methoxy groups -OCH3 is 1. The molecule has 35 heavy (non-hydrogen) atoms. The number of nitrogens with zero attached hydrogens (tertiary/aromatic N) is 1. The van der Waals surface area contributed by atoms with Crippen molar-refractivity contribution in [1.29, 1.82) is 0 Å². The zero-order chi connectivity index (χ0) is 25.4. The van der Waals surface area contributed by atoms with E-state index >= 15 is 0 Å². The molecule has 6 bridgehead atoms. The number of hydrogen-bond acceptors (Lipinski definition) is 6. The van der Waals surface area contributed by atoms with Gasteiger partial charge in [0.25, 0.3) is 0 Å². The Hall–Kier alpha value is -2.55. The standard InChI is InChI=1S/C26H33ClN2O6/c1-16-7-5-6-9-26(32)15-20(34-24(31)28-26)21-14-25(2,35-21)10-8-22(30)29(3)18-12-17(11-16)13-19(33-4)23(18)27/h5-7,12-13,20-21,32H,8-11,14-15H2,1-4H3,(H,28,31)/b6-5+,16-7+/t20-,21+,25-,26+/m0/s1. The van der Waals surface area contributed by atoms with Crippen LogP contribution in [-0.2, 0) is 20.7 Å². The predicted molar refractivity (Wildman–Crippen MR) is 133 cm³/mol. The SMILES string of the molecule is COc1cc2cc(c1Cl)N(C)C(=O)CC[C@@]1(C)C[C@@H](O1)[C@@H]1C[C@](O)(C/C=C/C=C(\C)C2)NC(=O)O1. The van der Waals surface area contributed by atoms with Crippen LogP contribution in [0.15, 0.2) is 35.9 Å². The monoisotopic (exact) mass is 504 g/mol. The van der Waals surface area contributed by atoms with Crippen LogP contribution in [0.2, 0.25) is 5.02 Å². The summed E-state index contributed by atoms with van der Waals surface area (Å²) in [4.78, 5) is 26.8. The minimum Gasteiger partial charge on any atom is -0.495 e. The van der Waals surface area contributed by atoms with Crippen LogP contribution in [0.4, 0.5) is 10.5 Å². The first-order valence-electron chi connectivity index (χ1n) is 11.9. The molecule has 190 valence electrons. The number of ether oxygens (including phenoxy) is 3. The fourth-order valence-electron chi connectivity index (χ4n) is 4.96. The van der Waals surface area contributed by atoms with Crippen molar-refractivity contribution < 1.29 is 28.9 Å².